The van der Waals surface area contributed by atoms with Gasteiger partial charge in [0.2, 0.25) is 5.91 Å². The summed E-state index contributed by atoms with van der Waals surface area (Å²) in [5, 5.41) is 4.17. The molecule has 7 nitrogen and oxygen atoms in total. The Bertz CT molecular complexity index is 823. The fourth-order valence-corrected chi connectivity index (χ4v) is 4.34. The van der Waals surface area contributed by atoms with Crippen LogP contribution in [0.4, 0.5) is 4.79 Å². The molecule has 0 spiro atoms. The molecule has 3 rings (SSSR count). The number of hydrogen-bond acceptors (Lipinski definition) is 6. The van der Waals surface area contributed by atoms with Gasteiger partial charge in [0, 0.05) is 24.4 Å². The lowest BCUT2D eigenvalue weighted by molar-refractivity contribution is -0.120. The normalized spacial score (nSPS) is 16.4. The number of carbonyl (C=O) groups is 2. The van der Waals surface area contributed by atoms with Gasteiger partial charge in [-0.15, -0.1) is 11.3 Å². The number of ether oxygens (including phenoxy) is 2. The summed E-state index contributed by atoms with van der Waals surface area (Å²) in [6.45, 7) is 1.32. The van der Waals surface area contributed by atoms with Crippen LogP contribution in [0.25, 0.3) is 0 Å². The first-order chi connectivity index (χ1) is 13.0. The minimum Gasteiger partial charge on any atom is -0.493 e. The van der Waals surface area contributed by atoms with E-state index in [4.69, 9.17) is 15.2 Å². The molecule has 1 atom stereocenters. The Labute approximate surface area is 162 Å². The second-order valence-electron chi connectivity index (χ2n) is 6.27. The topological polar surface area (TPSA) is 93.9 Å². The van der Waals surface area contributed by atoms with Crippen LogP contribution in [-0.4, -0.2) is 44.1 Å². The van der Waals surface area contributed by atoms with E-state index in [1.54, 1.807) is 25.6 Å². The van der Waals surface area contributed by atoms with Gasteiger partial charge in [0.15, 0.2) is 11.5 Å². The summed E-state index contributed by atoms with van der Waals surface area (Å²) in [6.07, 6.45) is 1.04. The maximum Gasteiger partial charge on any atom is 0.318 e. The highest BCUT2D eigenvalue weighted by atomic mass is 32.1. The molecule has 2 aromatic rings. The van der Waals surface area contributed by atoms with Crippen molar-refractivity contribution >= 4 is 23.3 Å². The number of methoxy groups -OCH3 is 2. The monoisotopic (exact) mass is 389 g/mol. The van der Waals surface area contributed by atoms with Gasteiger partial charge >= 0.3 is 6.03 Å². The summed E-state index contributed by atoms with van der Waals surface area (Å²) in [6, 6.07) is 7.37. The second kappa shape index (κ2) is 8.41. The lowest BCUT2D eigenvalue weighted by Gasteiger charge is -2.37. The molecule has 0 saturated carbocycles. The number of benzene rings is 1. The molecule has 0 aliphatic carbocycles. The Morgan fingerprint density at radius 2 is 2.04 bits per heavy atom. The van der Waals surface area contributed by atoms with E-state index in [1.165, 1.54) is 10.4 Å². The van der Waals surface area contributed by atoms with Crippen LogP contribution in [-0.2, 0) is 11.2 Å². The SMILES string of the molecule is COc1cc2c(cc1OC)[C@H](c1cccs1)N(CCC(=O)NC(N)=O)CC2. The van der Waals surface area contributed by atoms with Crippen molar-refractivity contribution in [2.24, 2.45) is 5.73 Å². The second-order valence-corrected chi connectivity index (χ2v) is 7.25. The average molecular weight is 389 g/mol. The van der Waals surface area contributed by atoms with E-state index in [2.05, 4.69) is 16.3 Å². The molecule has 0 radical (unpaired) electrons. The minimum absolute atomic E-state index is 0.0231. The van der Waals surface area contributed by atoms with E-state index in [0.29, 0.717) is 12.3 Å². The van der Waals surface area contributed by atoms with Crippen LogP contribution in [0.2, 0.25) is 0 Å². The van der Waals surface area contributed by atoms with Gasteiger partial charge in [-0.1, -0.05) is 6.07 Å². The maximum atomic E-state index is 11.8. The van der Waals surface area contributed by atoms with Crippen molar-refractivity contribution in [2.75, 3.05) is 27.3 Å². The number of nitrogens with one attached hydrogen (secondary N) is 1. The third-order valence-corrected chi connectivity index (χ3v) is 5.60. The first-order valence-electron chi connectivity index (χ1n) is 8.65. The van der Waals surface area contributed by atoms with Crippen molar-refractivity contribution in [3.05, 3.63) is 45.6 Å². The molecule has 8 heteroatoms. The molecule has 1 aromatic carbocycles. The summed E-state index contributed by atoms with van der Waals surface area (Å²) >= 11 is 1.68. The van der Waals surface area contributed by atoms with Gasteiger partial charge in [-0.2, -0.15) is 0 Å². The molecule has 0 saturated heterocycles. The largest absolute Gasteiger partial charge is 0.493 e. The predicted molar refractivity (Wildman–Crippen MR) is 103 cm³/mol. The van der Waals surface area contributed by atoms with Crippen LogP contribution in [0, 0.1) is 0 Å². The van der Waals surface area contributed by atoms with E-state index in [9.17, 15) is 9.59 Å². The number of hydrogen-bond donors (Lipinski definition) is 2. The summed E-state index contributed by atoms with van der Waals surface area (Å²) in [5.74, 6) is 1.03. The quantitative estimate of drug-likeness (QED) is 0.791. The smallest absolute Gasteiger partial charge is 0.318 e. The molecule has 1 aromatic heterocycles. The number of primary amides is 1. The number of nitrogens with zero attached hydrogens (tertiary/aromatic N) is 1. The predicted octanol–water partition coefficient (Wildman–Crippen LogP) is 2.30. The standard InChI is InChI=1S/C19H23N3O4S/c1-25-14-10-12-5-7-22(8-6-17(23)21-19(20)24)18(16-4-3-9-27-16)13(12)11-15(14)26-2/h3-4,9-11,18H,5-8H2,1-2H3,(H3,20,21,23,24)/t18-/m1/s1. The number of thiophene rings is 1. The number of amides is 3. The van der Waals surface area contributed by atoms with Gasteiger partial charge < -0.3 is 15.2 Å². The zero-order chi connectivity index (χ0) is 19.4. The molecule has 0 bridgehead atoms. The van der Waals surface area contributed by atoms with Crippen LogP contribution in [0.5, 0.6) is 11.5 Å². The number of carbonyl (C=O) groups excluding carboxylic acids is 2. The molecule has 0 fully saturated rings. The van der Waals surface area contributed by atoms with Gasteiger partial charge in [-0.25, -0.2) is 4.79 Å². The van der Waals surface area contributed by atoms with Crippen LogP contribution in [0.15, 0.2) is 29.6 Å². The highest BCUT2D eigenvalue weighted by Gasteiger charge is 2.31. The molecule has 0 unspecified atom stereocenters. The number of fused-ring (bicyclic) bond motifs is 1. The zero-order valence-corrected chi connectivity index (χ0v) is 16.2. The molecule has 27 heavy (non-hydrogen) atoms. The van der Waals surface area contributed by atoms with Crippen molar-refractivity contribution < 1.29 is 19.1 Å². The van der Waals surface area contributed by atoms with Crippen LogP contribution in [0.3, 0.4) is 0 Å². The lowest BCUT2D eigenvalue weighted by atomic mass is 9.90. The van der Waals surface area contributed by atoms with Crippen molar-refractivity contribution in [2.45, 2.75) is 18.9 Å². The van der Waals surface area contributed by atoms with E-state index in [1.807, 2.05) is 23.6 Å². The summed E-state index contributed by atoms with van der Waals surface area (Å²) < 4.78 is 10.9. The number of rotatable bonds is 6. The Morgan fingerprint density at radius 1 is 1.30 bits per heavy atom. The van der Waals surface area contributed by atoms with Crippen molar-refractivity contribution in [1.29, 1.82) is 0 Å². The van der Waals surface area contributed by atoms with Crippen molar-refractivity contribution in [3.63, 3.8) is 0 Å². The van der Waals surface area contributed by atoms with E-state index >= 15 is 0 Å². The van der Waals surface area contributed by atoms with Crippen LogP contribution in [0.1, 0.15) is 28.5 Å². The third-order valence-electron chi connectivity index (χ3n) is 4.67. The van der Waals surface area contributed by atoms with Crippen molar-refractivity contribution in [1.82, 2.24) is 10.2 Å². The maximum absolute atomic E-state index is 11.8. The molecule has 3 N–H and O–H groups in total. The van der Waals surface area contributed by atoms with E-state index in [0.717, 1.165) is 24.3 Å². The molecule has 144 valence electrons. The molecular weight excluding hydrogens is 366 g/mol. The fraction of sp³-hybridized carbons (Fsp3) is 0.368. The third kappa shape index (κ3) is 4.23. The number of urea groups is 1. The molecular formula is C19H23N3O4S. The van der Waals surface area contributed by atoms with Crippen LogP contribution >= 0.6 is 11.3 Å². The van der Waals surface area contributed by atoms with Gasteiger partial charge in [0.05, 0.1) is 20.3 Å². The van der Waals surface area contributed by atoms with Crippen LogP contribution < -0.4 is 20.5 Å². The van der Waals surface area contributed by atoms with Crippen molar-refractivity contribution in [3.8, 4) is 11.5 Å². The number of imide groups is 1. The lowest BCUT2D eigenvalue weighted by Crippen LogP contribution is -2.40. The molecule has 3 amide bonds. The summed E-state index contributed by atoms with van der Waals surface area (Å²) in [4.78, 5) is 26.1. The Balaban J connectivity index is 1.91. The summed E-state index contributed by atoms with van der Waals surface area (Å²) in [5.41, 5.74) is 7.38. The highest BCUT2D eigenvalue weighted by Crippen LogP contribution is 2.42. The Kier molecular flexibility index (Phi) is 5.98. The highest BCUT2D eigenvalue weighted by molar-refractivity contribution is 7.10. The van der Waals surface area contributed by atoms with Gasteiger partial charge in [0.1, 0.15) is 0 Å². The minimum atomic E-state index is -0.823. The zero-order valence-electron chi connectivity index (χ0n) is 15.4. The Hall–Kier alpha value is -2.58. The molecule has 1 aliphatic rings. The number of nitrogens with two attached hydrogens (primary N) is 1. The summed E-state index contributed by atoms with van der Waals surface area (Å²) in [7, 11) is 3.26. The molecule has 2 heterocycles. The van der Waals surface area contributed by atoms with E-state index in [-0.39, 0.29) is 18.4 Å². The Morgan fingerprint density at radius 3 is 2.67 bits per heavy atom. The van der Waals surface area contributed by atoms with E-state index < -0.39 is 6.03 Å². The first-order valence-corrected chi connectivity index (χ1v) is 9.53. The van der Waals surface area contributed by atoms with Gasteiger partial charge in [-0.05, 0) is 41.1 Å². The average Bonchev–Trinajstić information content (AvgIpc) is 3.18. The van der Waals surface area contributed by atoms with Gasteiger partial charge in [-0.3, -0.25) is 15.0 Å². The van der Waals surface area contributed by atoms with Gasteiger partial charge in [0.25, 0.3) is 0 Å². The fourth-order valence-electron chi connectivity index (χ4n) is 3.46. The molecule has 1 aliphatic heterocycles. The first kappa shape index (κ1) is 19.2.